The zero-order valence-corrected chi connectivity index (χ0v) is 21.7. The summed E-state index contributed by atoms with van der Waals surface area (Å²) in [5, 5.41) is -0.443. The van der Waals surface area contributed by atoms with Crippen LogP contribution < -0.4 is 0 Å². The molecule has 194 valence electrons. The van der Waals surface area contributed by atoms with Crippen molar-refractivity contribution in [2.24, 2.45) is 0 Å². The number of imide groups is 1. The van der Waals surface area contributed by atoms with E-state index in [2.05, 4.69) is 29.2 Å². The Bertz CT molecular complexity index is 1370. The molecule has 0 unspecified atom stereocenters. The molecule has 3 amide bonds. The number of thioether (sulfide) groups is 1. The molecule has 2 aliphatic rings. The van der Waals surface area contributed by atoms with Crippen molar-refractivity contribution in [1.82, 2.24) is 14.7 Å². The van der Waals surface area contributed by atoms with Gasteiger partial charge >= 0.3 is 0 Å². The molecule has 5 rings (SSSR count). The number of carbonyl (C=O) groups excluding carboxylic acids is 3. The number of nitrogens with zero attached hydrogens (tertiary/aromatic N) is 3. The van der Waals surface area contributed by atoms with Gasteiger partial charge in [-0.1, -0.05) is 60.7 Å². The van der Waals surface area contributed by atoms with E-state index in [4.69, 9.17) is 0 Å². The van der Waals surface area contributed by atoms with Gasteiger partial charge < -0.3 is 4.90 Å². The Morgan fingerprint density at radius 2 is 1.63 bits per heavy atom. The van der Waals surface area contributed by atoms with Crippen LogP contribution in [0.1, 0.15) is 27.0 Å². The molecule has 3 aromatic carbocycles. The molecule has 0 atom stereocenters. The standard InChI is InChI=1S/C30H28FN3O3S/c31-26-12-5-4-10-25(26)21-34-29(36)27(38-30(34)37)20-23-9-6-11-24(19-23)28(35)33-17-15-32(16-18-33)14-13-22-7-2-1-3-8-22/h1-12,19-20H,13-18,21H2. The Balaban J connectivity index is 1.20. The zero-order valence-electron chi connectivity index (χ0n) is 20.9. The Kier molecular flexibility index (Phi) is 8.00. The van der Waals surface area contributed by atoms with Crippen LogP contribution >= 0.6 is 11.8 Å². The molecule has 38 heavy (non-hydrogen) atoms. The fraction of sp³-hybridized carbons (Fsp3) is 0.233. The van der Waals surface area contributed by atoms with Gasteiger partial charge in [0, 0.05) is 43.9 Å². The van der Waals surface area contributed by atoms with Crippen molar-refractivity contribution >= 4 is 34.9 Å². The monoisotopic (exact) mass is 529 g/mol. The average molecular weight is 530 g/mol. The summed E-state index contributed by atoms with van der Waals surface area (Å²) < 4.78 is 14.0. The van der Waals surface area contributed by atoms with Crippen LogP contribution in [0.3, 0.4) is 0 Å². The Labute approximate surface area is 225 Å². The maximum Gasteiger partial charge on any atom is 0.293 e. The van der Waals surface area contributed by atoms with Crippen LogP contribution in [0.5, 0.6) is 0 Å². The van der Waals surface area contributed by atoms with Crippen LogP contribution in [0, 0.1) is 5.82 Å². The minimum absolute atomic E-state index is 0.0457. The fourth-order valence-electron chi connectivity index (χ4n) is 4.64. The number of benzene rings is 3. The highest BCUT2D eigenvalue weighted by Crippen LogP contribution is 2.33. The van der Waals surface area contributed by atoms with E-state index >= 15 is 0 Å². The predicted molar refractivity (Wildman–Crippen MR) is 147 cm³/mol. The molecule has 0 bridgehead atoms. The maximum absolute atomic E-state index is 14.0. The molecule has 3 aromatic rings. The van der Waals surface area contributed by atoms with Crippen LogP contribution in [0.2, 0.25) is 0 Å². The van der Waals surface area contributed by atoms with E-state index in [1.807, 2.05) is 11.0 Å². The first-order chi connectivity index (χ1) is 18.5. The highest BCUT2D eigenvalue weighted by Gasteiger charge is 2.35. The van der Waals surface area contributed by atoms with Crippen molar-refractivity contribution < 1.29 is 18.8 Å². The van der Waals surface area contributed by atoms with E-state index in [0.717, 1.165) is 42.7 Å². The van der Waals surface area contributed by atoms with Crippen molar-refractivity contribution in [3.8, 4) is 0 Å². The SMILES string of the molecule is O=C(c1cccc(C=C2SC(=O)N(Cc3ccccc3F)C2=O)c1)N1CCN(CCc2ccccc2)CC1. The van der Waals surface area contributed by atoms with Crippen molar-refractivity contribution in [2.45, 2.75) is 13.0 Å². The highest BCUT2D eigenvalue weighted by atomic mass is 32.2. The minimum atomic E-state index is -0.466. The highest BCUT2D eigenvalue weighted by molar-refractivity contribution is 8.18. The van der Waals surface area contributed by atoms with Gasteiger partial charge in [-0.05, 0) is 53.6 Å². The molecule has 0 N–H and O–H groups in total. The molecule has 2 aliphatic heterocycles. The number of amides is 3. The van der Waals surface area contributed by atoms with E-state index in [9.17, 15) is 18.8 Å². The van der Waals surface area contributed by atoms with Gasteiger partial charge in [-0.3, -0.25) is 24.2 Å². The van der Waals surface area contributed by atoms with E-state index in [1.165, 1.54) is 11.6 Å². The van der Waals surface area contributed by atoms with Crippen molar-refractivity contribution in [1.29, 1.82) is 0 Å². The van der Waals surface area contributed by atoms with Gasteiger partial charge in [0.05, 0.1) is 11.4 Å². The molecular weight excluding hydrogens is 501 g/mol. The van der Waals surface area contributed by atoms with Crippen molar-refractivity contribution in [2.75, 3.05) is 32.7 Å². The number of hydrogen-bond acceptors (Lipinski definition) is 5. The fourth-order valence-corrected chi connectivity index (χ4v) is 5.47. The van der Waals surface area contributed by atoms with Crippen LogP contribution in [0.25, 0.3) is 6.08 Å². The molecule has 2 saturated heterocycles. The second-order valence-electron chi connectivity index (χ2n) is 9.35. The van der Waals surface area contributed by atoms with E-state index < -0.39 is 17.0 Å². The van der Waals surface area contributed by atoms with E-state index in [-0.39, 0.29) is 22.9 Å². The number of hydrogen-bond donors (Lipinski definition) is 0. The number of piperazine rings is 1. The number of rotatable bonds is 7. The van der Waals surface area contributed by atoms with Gasteiger partial charge in [0.1, 0.15) is 5.82 Å². The van der Waals surface area contributed by atoms with Crippen LogP contribution in [-0.4, -0.2) is 64.5 Å². The van der Waals surface area contributed by atoms with Crippen LogP contribution in [0.4, 0.5) is 9.18 Å². The van der Waals surface area contributed by atoms with Crippen molar-refractivity contribution in [3.05, 3.63) is 112 Å². The summed E-state index contributed by atoms with van der Waals surface area (Å²) in [4.78, 5) is 44.1. The molecule has 2 heterocycles. The number of halogens is 1. The maximum atomic E-state index is 14.0. The van der Waals surface area contributed by atoms with Gasteiger partial charge in [-0.25, -0.2) is 4.39 Å². The van der Waals surface area contributed by atoms with Crippen molar-refractivity contribution in [3.63, 3.8) is 0 Å². The third-order valence-electron chi connectivity index (χ3n) is 6.81. The summed E-state index contributed by atoms with van der Waals surface area (Å²) in [7, 11) is 0. The largest absolute Gasteiger partial charge is 0.336 e. The second kappa shape index (κ2) is 11.8. The normalized spacial score (nSPS) is 17.4. The Hall–Kier alpha value is -3.75. The third-order valence-corrected chi connectivity index (χ3v) is 7.72. The first-order valence-corrected chi connectivity index (χ1v) is 13.4. The molecule has 2 fully saturated rings. The Morgan fingerprint density at radius 3 is 2.39 bits per heavy atom. The smallest absolute Gasteiger partial charge is 0.293 e. The van der Waals surface area contributed by atoms with Crippen LogP contribution in [-0.2, 0) is 17.8 Å². The lowest BCUT2D eigenvalue weighted by atomic mass is 10.1. The summed E-state index contributed by atoms with van der Waals surface area (Å²) in [6, 6.07) is 23.6. The summed E-state index contributed by atoms with van der Waals surface area (Å²) in [5.41, 5.74) is 2.80. The Morgan fingerprint density at radius 1 is 0.895 bits per heavy atom. The zero-order chi connectivity index (χ0) is 26.5. The van der Waals surface area contributed by atoms with Gasteiger partial charge in [-0.15, -0.1) is 0 Å². The second-order valence-corrected chi connectivity index (χ2v) is 10.3. The minimum Gasteiger partial charge on any atom is -0.336 e. The quantitative estimate of drug-likeness (QED) is 0.401. The molecule has 0 radical (unpaired) electrons. The third kappa shape index (κ3) is 6.03. The van der Waals surface area contributed by atoms with Gasteiger partial charge in [0.25, 0.3) is 17.1 Å². The van der Waals surface area contributed by atoms with Gasteiger partial charge in [-0.2, -0.15) is 0 Å². The summed E-state index contributed by atoms with van der Waals surface area (Å²) >= 11 is 0.822. The van der Waals surface area contributed by atoms with Crippen LogP contribution in [0.15, 0.2) is 83.8 Å². The van der Waals surface area contributed by atoms with E-state index in [1.54, 1.807) is 48.5 Å². The molecule has 8 heteroatoms. The molecular formula is C30H28FN3O3S. The number of carbonyl (C=O) groups is 3. The predicted octanol–water partition coefficient (Wildman–Crippen LogP) is 5.06. The molecule has 6 nitrogen and oxygen atoms in total. The molecule has 0 spiro atoms. The average Bonchev–Trinajstić information content (AvgIpc) is 3.21. The van der Waals surface area contributed by atoms with E-state index in [0.29, 0.717) is 24.2 Å². The summed E-state index contributed by atoms with van der Waals surface area (Å²) in [6.07, 6.45) is 2.60. The molecule has 0 aromatic heterocycles. The summed E-state index contributed by atoms with van der Waals surface area (Å²) in [5.74, 6) is -0.971. The molecule has 0 saturated carbocycles. The lowest BCUT2D eigenvalue weighted by molar-refractivity contribution is -0.123. The lowest BCUT2D eigenvalue weighted by Crippen LogP contribution is -2.49. The van der Waals surface area contributed by atoms with Gasteiger partial charge in [0.2, 0.25) is 0 Å². The lowest BCUT2D eigenvalue weighted by Gasteiger charge is -2.34. The first kappa shape index (κ1) is 25.9. The molecule has 0 aliphatic carbocycles. The topological polar surface area (TPSA) is 60.9 Å². The first-order valence-electron chi connectivity index (χ1n) is 12.6. The van der Waals surface area contributed by atoms with Gasteiger partial charge in [0.15, 0.2) is 0 Å². The summed E-state index contributed by atoms with van der Waals surface area (Å²) in [6.45, 7) is 3.82.